The summed E-state index contributed by atoms with van der Waals surface area (Å²) in [5, 5.41) is 0. The summed E-state index contributed by atoms with van der Waals surface area (Å²) < 4.78 is 16.9. The molecule has 0 aliphatic heterocycles. The minimum Gasteiger partial charge on any atom is -0.462 e. The number of rotatable bonds is 71. The van der Waals surface area contributed by atoms with Gasteiger partial charge in [-0.1, -0.05) is 385 Å². The van der Waals surface area contributed by atoms with Gasteiger partial charge in [0.2, 0.25) is 0 Å². The van der Waals surface area contributed by atoms with Gasteiger partial charge in [0.15, 0.2) is 6.10 Å². The Morgan fingerprint density at radius 2 is 0.434 bits per heavy atom. The molecule has 0 spiro atoms. The highest BCUT2D eigenvalue weighted by Gasteiger charge is 2.20. The maximum Gasteiger partial charge on any atom is 0.306 e. The first-order valence-electron chi connectivity index (χ1n) is 37.8. The maximum absolute atomic E-state index is 12.9. The van der Waals surface area contributed by atoms with Gasteiger partial charge in [0.25, 0.3) is 0 Å². The van der Waals surface area contributed by atoms with Crippen LogP contribution in [-0.4, -0.2) is 37.2 Å². The molecule has 6 nitrogen and oxygen atoms in total. The van der Waals surface area contributed by atoms with Crippen molar-refractivity contribution in [1.82, 2.24) is 0 Å². The third-order valence-corrected chi connectivity index (χ3v) is 17.5. The lowest BCUT2D eigenvalue weighted by Crippen LogP contribution is -2.30. The number of hydrogen-bond acceptors (Lipinski definition) is 6. The molecule has 0 N–H and O–H groups in total. The van der Waals surface area contributed by atoms with Gasteiger partial charge in [0.05, 0.1) is 0 Å². The number of carbonyl (C=O) groups is 3. The van der Waals surface area contributed by atoms with Crippen molar-refractivity contribution < 1.29 is 28.6 Å². The standard InChI is InChI=1S/C77H146O6/c1-4-7-10-13-16-19-21-23-25-27-29-31-33-35-36-37-38-39-40-41-42-43-45-46-48-50-52-54-56-58-61-64-67-70-76(79)82-73-74(72-81-75(78)69-66-63-60-18-15-12-9-6-3)83-77(80)71-68-65-62-59-57-55-53-51-49-47-44-34-32-30-28-26-24-22-20-17-14-11-8-5-2/h21,23,27,29,74H,4-20,22,24-26,28,30-73H2,1-3H3/b23-21-,29-27-. The fourth-order valence-electron chi connectivity index (χ4n) is 11.8. The Bertz CT molecular complexity index is 1340. The molecule has 1 unspecified atom stereocenters. The van der Waals surface area contributed by atoms with E-state index < -0.39 is 6.10 Å². The summed E-state index contributed by atoms with van der Waals surface area (Å²) in [4.78, 5) is 38.3. The SMILES string of the molecule is CCCCCCC/C=C\C/C=C\CCCCCCCCCCCCCCCCCCCCCCCC(=O)OCC(COC(=O)CCCCCCCCCC)OC(=O)CCCCCCCCCCCCCCCCCCCCCCCCCC. The van der Waals surface area contributed by atoms with Crippen molar-refractivity contribution in [3.63, 3.8) is 0 Å². The molecule has 0 saturated heterocycles. The van der Waals surface area contributed by atoms with E-state index in [9.17, 15) is 14.4 Å². The molecule has 0 saturated carbocycles. The third kappa shape index (κ3) is 70.5. The Morgan fingerprint density at radius 1 is 0.241 bits per heavy atom. The van der Waals surface area contributed by atoms with Crippen molar-refractivity contribution in [3.05, 3.63) is 24.3 Å². The van der Waals surface area contributed by atoms with Crippen molar-refractivity contribution >= 4 is 17.9 Å². The van der Waals surface area contributed by atoms with Crippen LogP contribution in [0.4, 0.5) is 0 Å². The third-order valence-electron chi connectivity index (χ3n) is 17.5. The molecule has 6 heteroatoms. The van der Waals surface area contributed by atoms with E-state index in [4.69, 9.17) is 14.2 Å². The normalized spacial score (nSPS) is 12.1. The molecule has 83 heavy (non-hydrogen) atoms. The molecular weight excluding hydrogens is 1020 g/mol. The predicted octanol–water partition coefficient (Wildman–Crippen LogP) is 26.1. The first kappa shape index (κ1) is 80.9. The lowest BCUT2D eigenvalue weighted by atomic mass is 10.0. The number of allylic oxidation sites excluding steroid dienone is 4. The van der Waals surface area contributed by atoms with Crippen molar-refractivity contribution in [3.8, 4) is 0 Å². The molecule has 490 valence electrons. The molecule has 0 bridgehead atoms. The van der Waals surface area contributed by atoms with Gasteiger partial charge in [-0.3, -0.25) is 14.4 Å². The second-order valence-corrected chi connectivity index (χ2v) is 25.9. The van der Waals surface area contributed by atoms with E-state index in [2.05, 4.69) is 45.1 Å². The Hall–Kier alpha value is -2.11. The number of carbonyl (C=O) groups excluding carboxylic acids is 3. The van der Waals surface area contributed by atoms with Crippen LogP contribution in [0.15, 0.2) is 24.3 Å². The number of unbranched alkanes of at least 4 members (excludes halogenated alkanes) is 56. The van der Waals surface area contributed by atoms with E-state index in [0.717, 1.165) is 64.2 Å². The Labute approximate surface area is 519 Å². The van der Waals surface area contributed by atoms with Gasteiger partial charge in [-0.25, -0.2) is 0 Å². The monoisotopic (exact) mass is 1170 g/mol. The van der Waals surface area contributed by atoms with Crippen molar-refractivity contribution in [1.29, 1.82) is 0 Å². The Kier molecular flexibility index (Phi) is 70.5. The lowest BCUT2D eigenvalue weighted by Gasteiger charge is -2.18. The molecule has 0 fully saturated rings. The molecule has 0 aromatic rings. The van der Waals surface area contributed by atoms with Gasteiger partial charge in [0, 0.05) is 19.3 Å². The lowest BCUT2D eigenvalue weighted by molar-refractivity contribution is -0.167. The van der Waals surface area contributed by atoms with Crippen LogP contribution in [0.1, 0.15) is 432 Å². The average molecular weight is 1170 g/mol. The number of ether oxygens (including phenoxy) is 3. The topological polar surface area (TPSA) is 78.9 Å². The van der Waals surface area contributed by atoms with Gasteiger partial charge in [-0.15, -0.1) is 0 Å². The van der Waals surface area contributed by atoms with Gasteiger partial charge in [0.1, 0.15) is 13.2 Å². The zero-order valence-corrected chi connectivity index (χ0v) is 56.5. The van der Waals surface area contributed by atoms with E-state index in [1.54, 1.807) is 0 Å². The first-order chi connectivity index (χ1) is 41.0. The van der Waals surface area contributed by atoms with Gasteiger partial charge in [-0.2, -0.15) is 0 Å². The summed E-state index contributed by atoms with van der Waals surface area (Å²) in [7, 11) is 0. The second kappa shape index (κ2) is 72.4. The Morgan fingerprint density at radius 3 is 0.663 bits per heavy atom. The van der Waals surface area contributed by atoms with Crippen LogP contribution in [0.3, 0.4) is 0 Å². The summed E-state index contributed by atoms with van der Waals surface area (Å²) >= 11 is 0. The zero-order chi connectivity index (χ0) is 59.9. The van der Waals surface area contributed by atoms with E-state index in [0.29, 0.717) is 19.3 Å². The minimum atomic E-state index is -0.765. The van der Waals surface area contributed by atoms with Crippen LogP contribution in [0.2, 0.25) is 0 Å². The summed E-state index contributed by atoms with van der Waals surface area (Å²) in [5.74, 6) is -0.833. The van der Waals surface area contributed by atoms with Gasteiger partial charge >= 0.3 is 17.9 Å². The van der Waals surface area contributed by atoms with E-state index in [1.807, 2.05) is 0 Å². The van der Waals surface area contributed by atoms with Crippen LogP contribution < -0.4 is 0 Å². The zero-order valence-electron chi connectivity index (χ0n) is 56.5. The highest BCUT2D eigenvalue weighted by molar-refractivity contribution is 5.71. The van der Waals surface area contributed by atoms with Crippen LogP contribution in [-0.2, 0) is 28.6 Å². The van der Waals surface area contributed by atoms with Crippen molar-refractivity contribution in [2.24, 2.45) is 0 Å². The summed E-state index contributed by atoms with van der Waals surface area (Å²) in [6.07, 6.45) is 89.7. The second-order valence-electron chi connectivity index (χ2n) is 25.9. The Balaban J connectivity index is 3.98. The molecule has 0 amide bonds. The molecule has 0 aromatic heterocycles. The molecule has 0 rings (SSSR count). The van der Waals surface area contributed by atoms with Crippen LogP contribution >= 0.6 is 0 Å². The van der Waals surface area contributed by atoms with Gasteiger partial charge in [-0.05, 0) is 51.4 Å². The maximum atomic E-state index is 12.9. The number of esters is 3. The predicted molar refractivity (Wildman–Crippen MR) is 363 cm³/mol. The molecule has 0 aliphatic carbocycles. The smallest absolute Gasteiger partial charge is 0.306 e. The van der Waals surface area contributed by atoms with E-state index in [1.165, 1.54) is 327 Å². The van der Waals surface area contributed by atoms with Crippen molar-refractivity contribution in [2.45, 2.75) is 438 Å². The summed E-state index contributed by atoms with van der Waals surface area (Å²) in [6, 6.07) is 0. The van der Waals surface area contributed by atoms with E-state index >= 15 is 0 Å². The molecule has 0 radical (unpaired) electrons. The average Bonchev–Trinajstić information content (AvgIpc) is 3.49. The molecule has 0 aliphatic rings. The highest BCUT2D eigenvalue weighted by Crippen LogP contribution is 2.19. The highest BCUT2D eigenvalue weighted by atomic mass is 16.6. The number of hydrogen-bond donors (Lipinski definition) is 0. The summed E-state index contributed by atoms with van der Waals surface area (Å²) in [5.41, 5.74) is 0. The van der Waals surface area contributed by atoms with Crippen LogP contribution in [0, 0.1) is 0 Å². The quantitative estimate of drug-likeness (QED) is 0.0261. The molecule has 0 heterocycles. The minimum absolute atomic E-state index is 0.0632. The fourth-order valence-corrected chi connectivity index (χ4v) is 11.8. The van der Waals surface area contributed by atoms with Gasteiger partial charge < -0.3 is 14.2 Å². The molecule has 1 atom stereocenters. The van der Waals surface area contributed by atoms with Crippen LogP contribution in [0.5, 0.6) is 0 Å². The first-order valence-corrected chi connectivity index (χ1v) is 37.8. The van der Waals surface area contributed by atoms with Crippen LogP contribution in [0.25, 0.3) is 0 Å². The fraction of sp³-hybridized carbons (Fsp3) is 0.909. The largest absolute Gasteiger partial charge is 0.462 e. The van der Waals surface area contributed by atoms with E-state index in [-0.39, 0.29) is 31.1 Å². The summed E-state index contributed by atoms with van der Waals surface area (Å²) in [6.45, 7) is 6.69. The molecule has 0 aromatic carbocycles. The van der Waals surface area contributed by atoms with Crippen molar-refractivity contribution in [2.75, 3.05) is 13.2 Å². The molecular formula is C77H146O6.